The monoisotopic (exact) mass is 556 g/mol. The largest absolute Gasteiger partial charge is 0.486 e. The molecule has 0 amide bonds. The summed E-state index contributed by atoms with van der Waals surface area (Å²) in [6.45, 7) is 4.59. The normalized spacial score (nSPS) is 12.9. The lowest BCUT2D eigenvalue weighted by Gasteiger charge is -2.18. The maximum Gasteiger partial charge on any atom is 0.260 e. The second-order valence-electron chi connectivity index (χ2n) is 8.42. The van der Waals surface area contributed by atoms with Crippen LogP contribution in [0.4, 0.5) is 0 Å². The van der Waals surface area contributed by atoms with Crippen molar-refractivity contribution in [2.24, 2.45) is 11.5 Å². The molecule has 0 aliphatic rings. The number of nitrogens with two attached hydrogens (primary N) is 2. The van der Waals surface area contributed by atoms with Crippen LogP contribution >= 0.6 is 11.6 Å². The molecule has 4 aromatic rings. The first-order valence-corrected chi connectivity index (χ1v) is 12.9. The van der Waals surface area contributed by atoms with Crippen LogP contribution in [0.25, 0.3) is 16.7 Å². The molecule has 0 saturated heterocycles. The fourth-order valence-electron chi connectivity index (χ4n) is 3.78. The lowest BCUT2D eigenvalue weighted by molar-refractivity contribution is -0.0276. The summed E-state index contributed by atoms with van der Waals surface area (Å²) in [6, 6.07) is 14.3. The van der Waals surface area contributed by atoms with E-state index in [2.05, 4.69) is 20.4 Å². The van der Waals surface area contributed by atoms with Gasteiger partial charge in [0.2, 0.25) is 0 Å². The summed E-state index contributed by atoms with van der Waals surface area (Å²) in [4.78, 5) is 3.25. The van der Waals surface area contributed by atoms with Gasteiger partial charge in [0.15, 0.2) is 6.79 Å². The van der Waals surface area contributed by atoms with Crippen LogP contribution in [0.1, 0.15) is 29.8 Å². The summed E-state index contributed by atoms with van der Waals surface area (Å²) in [5, 5.41) is 12.4. The van der Waals surface area contributed by atoms with E-state index in [0.29, 0.717) is 49.5 Å². The predicted molar refractivity (Wildman–Crippen MR) is 148 cm³/mol. The number of fused-ring (bicyclic) bond motifs is 1. The highest BCUT2D eigenvalue weighted by Gasteiger charge is 2.25. The van der Waals surface area contributed by atoms with Gasteiger partial charge in [-0.15, -0.1) is 5.10 Å². The summed E-state index contributed by atoms with van der Waals surface area (Å²) in [7, 11) is 0. The number of hydrogen-bond acceptors (Lipinski definition) is 9. The van der Waals surface area contributed by atoms with Gasteiger partial charge in [-0.2, -0.15) is 10.3 Å². The minimum absolute atomic E-state index is 0.0624. The minimum atomic E-state index is -0.880. The molecule has 2 aromatic heterocycles. The Morgan fingerprint density at radius 1 is 0.974 bits per heavy atom. The van der Waals surface area contributed by atoms with Gasteiger partial charge in [-0.1, -0.05) is 41.9 Å². The molecule has 0 fully saturated rings. The van der Waals surface area contributed by atoms with Crippen molar-refractivity contribution in [3.8, 4) is 5.88 Å². The maximum absolute atomic E-state index is 6.64. The molecule has 2 heterocycles. The molecule has 12 heteroatoms. The maximum atomic E-state index is 6.64. The van der Waals surface area contributed by atoms with Gasteiger partial charge in [0.1, 0.15) is 18.1 Å². The van der Waals surface area contributed by atoms with E-state index in [1.54, 1.807) is 12.1 Å². The minimum Gasteiger partial charge on any atom is -0.486 e. The number of halogens is 1. The number of ether oxygens (including phenoxy) is 5. The van der Waals surface area contributed by atoms with Crippen LogP contribution in [0.3, 0.4) is 0 Å². The Balaban J connectivity index is 1.47. The summed E-state index contributed by atoms with van der Waals surface area (Å²) in [6.07, 6.45) is 1.84. The topological polar surface area (TPSA) is 156 Å². The van der Waals surface area contributed by atoms with Crippen LogP contribution in [-0.4, -0.2) is 60.2 Å². The van der Waals surface area contributed by atoms with Gasteiger partial charge in [0.05, 0.1) is 38.2 Å². The van der Waals surface area contributed by atoms with E-state index in [-0.39, 0.29) is 25.0 Å². The van der Waals surface area contributed by atoms with E-state index in [1.807, 2.05) is 49.5 Å². The van der Waals surface area contributed by atoms with Crippen molar-refractivity contribution in [1.29, 1.82) is 0 Å². The lowest BCUT2D eigenvalue weighted by Crippen LogP contribution is -2.23. The van der Waals surface area contributed by atoms with Crippen LogP contribution in [0.5, 0.6) is 5.88 Å². The number of benzene rings is 2. The van der Waals surface area contributed by atoms with Crippen molar-refractivity contribution in [1.82, 2.24) is 20.4 Å². The van der Waals surface area contributed by atoms with Gasteiger partial charge in [-0.3, -0.25) is 0 Å². The van der Waals surface area contributed by atoms with E-state index >= 15 is 0 Å². The quantitative estimate of drug-likeness (QED) is 0.0913. The third-order valence-electron chi connectivity index (χ3n) is 5.79. The van der Waals surface area contributed by atoms with Gasteiger partial charge >= 0.3 is 0 Å². The second-order valence-corrected chi connectivity index (χ2v) is 8.86. The molecular formula is C27H33ClN6O5. The fourth-order valence-corrected chi connectivity index (χ4v) is 3.90. The molecule has 1 atom stereocenters. The predicted octanol–water partition coefficient (Wildman–Crippen LogP) is 3.89. The Morgan fingerprint density at radius 3 is 2.51 bits per heavy atom. The van der Waals surface area contributed by atoms with Crippen LogP contribution < -0.4 is 16.2 Å². The molecule has 0 radical (unpaired) electrons. The molecule has 0 saturated carbocycles. The highest BCUT2D eigenvalue weighted by molar-refractivity contribution is 6.30. The fraction of sp³-hybridized carbons (Fsp3) is 0.333. The molecule has 208 valence electrons. The highest BCUT2D eigenvalue weighted by atomic mass is 35.5. The number of aromatic amines is 2. The third kappa shape index (κ3) is 7.71. The highest BCUT2D eigenvalue weighted by Crippen LogP contribution is 2.32. The van der Waals surface area contributed by atoms with Gasteiger partial charge in [-0.05, 0) is 30.7 Å². The Morgan fingerprint density at radius 2 is 1.72 bits per heavy atom. The van der Waals surface area contributed by atoms with E-state index in [1.165, 1.54) is 0 Å². The molecular weight excluding hydrogens is 524 g/mol. The average molecular weight is 557 g/mol. The first-order chi connectivity index (χ1) is 19.1. The van der Waals surface area contributed by atoms with Crippen molar-refractivity contribution in [3.05, 3.63) is 82.3 Å². The van der Waals surface area contributed by atoms with E-state index in [9.17, 15) is 0 Å². The molecule has 0 aliphatic heterocycles. The van der Waals surface area contributed by atoms with Crippen molar-refractivity contribution >= 4 is 28.3 Å². The van der Waals surface area contributed by atoms with Crippen LogP contribution in [0.15, 0.2) is 60.4 Å². The molecule has 6 N–H and O–H groups in total. The van der Waals surface area contributed by atoms with Crippen LogP contribution in [0.2, 0.25) is 5.02 Å². The lowest BCUT2D eigenvalue weighted by atomic mass is 10.1. The summed E-state index contributed by atoms with van der Waals surface area (Å²) in [5.74, 6) is 0.600. The van der Waals surface area contributed by atoms with E-state index in [4.69, 9.17) is 46.8 Å². The average Bonchev–Trinajstić information content (AvgIpc) is 3.60. The van der Waals surface area contributed by atoms with Gasteiger partial charge in [0.25, 0.3) is 5.88 Å². The number of nitrogens with one attached hydrogen (secondary N) is 2. The molecule has 2 aromatic carbocycles. The van der Waals surface area contributed by atoms with Crippen molar-refractivity contribution in [2.75, 3.05) is 39.8 Å². The number of para-hydroxylation sites is 1. The second kappa shape index (κ2) is 14.5. The van der Waals surface area contributed by atoms with E-state index in [0.717, 1.165) is 22.0 Å². The zero-order chi connectivity index (χ0) is 27.5. The van der Waals surface area contributed by atoms with Crippen molar-refractivity contribution in [3.63, 3.8) is 0 Å². The Labute approximate surface area is 231 Å². The number of rotatable bonds is 16. The van der Waals surface area contributed by atoms with Crippen LogP contribution in [0, 0.1) is 0 Å². The molecule has 0 aliphatic carbocycles. The zero-order valence-electron chi connectivity index (χ0n) is 21.7. The molecule has 0 spiro atoms. The summed E-state index contributed by atoms with van der Waals surface area (Å²) >= 11 is 6.03. The Kier molecular flexibility index (Phi) is 10.6. The summed E-state index contributed by atoms with van der Waals surface area (Å²) < 4.78 is 28.0. The smallest absolute Gasteiger partial charge is 0.260 e. The Bertz CT molecular complexity index is 1340. The molecule has 1 unspecified atom stereocenters. The first kappa shape index (κ1) is 28.4. The molecule has 11 nitrogen and oxygen atoms in total. The molecule has 39 heavy (non-hydrogen) atoms. The summed E-state index contributed by atoms with van der Waals surface area (Å²) in [5.41, 5.74) is 16.4. The number of aromatic nitrogens is 4. The van der Waals surface area contributed by atoms with Crippen molar-refractivity contribution in [2.45, 2.75) is 19.6 Å². The van der Waals surface area contributed by atoms with Gasteiger partial charge in [0, 0.05) is 34.3 Å². The zero-order valence-corrected chi connectivity index (χ0v) is 22.4. The van der Waals surface area contributed by atoms with Crippen molar-refractivity contribution < 1.29 is 23.7 Å². The Hall–Kier alpha value is -3.61. The van der Waals surface area contributed by atoms with Crippen LogP contribution in [-0.2, 0) is 25.6 Å². The number of hydrogen-bond donors (Lipinski definition) is 4. The third-order valence-corrected chi connectivity index (χ3v) is 6.04. The van der Waals surface area contributed by atoms with Gasteiger partial charge < -0.3 is 40.1 Å². The van der Waals surface area contributed by atoms with E-state index < -0.39 is 6.04 Å². The SMILES string of the molecule is CCOCCOCCOCOc1n[nH]nc1C(N)C(N)=C(OCc1ccc(Cl)cc1)c1c[nH]c2ccccc12. The molecule has 4 rings (SSSR count). The molecule has 0 bridgehead atoms. The number of H-pyrrole nitrogens is 2. The van der Waals surface area contributed by atoms with Gasteiger partial charge in [-0.25, -0.2) is 0 Å². The standard InChI is InChI=1S/C27H33ClN6O5/c1-2-35-11-12-36-13-14-37-17-39-27-25(32-34-33-27)23(29)24(30)26(38-16-18-7-9-19(28)10-8-18)21-15-31-22-6-4-3-5-20(21)22/h3-10,15,23,31H,2,11-14,16-17,29-30H2,1H3,(H,32,33,34). The number of nitrogens with zero attached hydrogens (tertiary/aromatic N) is 2. The first-order valence-electron chi connectivity index (χ1n) is 12.5.